The number of aromatic amines is 1. The quantitative estimate of drug-likeness (QED) is 0.346. The van der Waals surface area contributed by atoms with Crippen LogP contribution in [-0.4, -0.2) is 47.2 Å². The molecule has 0 saturated carbocycles. The first-order chi connectivity index (χ1) is 17.6. The normalized spacial score (nSPS) is 17.3. The molecule has 4 aromatic rings. The number of carbonyl (C=O) groups is 1. The molecule has 4 heterocycles. The van der Waals surface area contributed by atoms with Gasteiger partial charge in [0.1, 0.15) is 11.6 Å². The molecule has 2 N–H and O–H groups in total. The maximum Gasteiger partial charge on any atom is 0.214 e. The zero-order valence-electron chi connectivity index (χ0n) is 19.8. The first kappa shape index (κ1) is 22.8. The van der Waals surface area contributed by atoms with Crippen LogP contribution < -0.4 is 14.8 Å². The molecule has 1 fully saturated rings. The molecular formula is C27H25ClN4O4. The van der Waals surface area contributed by atoms with Gasteiger partial charge in [0.05, 0.1) is 53.5 Å². The maximum atomic E-state index is 13.1. The van der Waals surface area contributed by atoms with Crippen molar-refractivity contribution in [3.63, 3.8) is 0 Å². The number of ether oxygens (including phenoxy) is 3. The van der Waals surface area contributed by atoms with Gasteiger partial charge in [0, 0.05) is 36.4 Å². The van der Waals surface area contributed by atoms with Gasteiger partial charge in [-0.1, -0.05) is 17.7 Å². The Balaban J connectivity index is 1.51. The summed E-state index contributed by atoms with van der Waals surface area (Å²) >= 11 is 6.38. The van der Waals surface area contributed by atoms with Crippen LogP contribution in [0.3, 0.4) is 0 Å². The van der Waals surface area contributed by atoms with Gasteiger partial charge in [-0.05, 0) is 37.1 Å². The molecule has 184 valence electrons. The monoisotopic (exact) mass is 504 g/mol. The van der Waals surface area contributed by atoms with Crippen molar-refractivity contribution >= 4 is 39.8 Å². The Labute approximate surface area is 213 Å². The Morgan fingerprint density at radius 2 is 2.11 bits per heavy atom. The number of nitrogens with one attached hydrogen (secondary N) is 2. The summed E-state index contributed by atoms with van der Waals surface area (Å²) in [6.45, 7) is 1.25. The Kier molecular flexibility index (Phi) is 5.99. The Hall–Kier alpha value is -3.62. The number of halogens is 1. The van der Waals surface area contributed by atoms with Crippen molar-refractivity contribution in [1.29, 1.82) is 0 Å². The van der Waals surface area contributed by atoms with Crippen LogP contribution in [0, 0.1) is 0 Å². The van der Waals surface area contributed by atoms with Crippen LogP contribution in [0.1, 0.15) is 35.3 Å². The lowest BCUT2D eigenvalue weighted by atomic mass is 9.94. The van der Waals surface area contributed by atoms with Crippen LogP contribution in [0.2, 0.25) is 5.02 Å². The molecule has 1 aliphatic carbocycles. The summed E-state index contributed by atoms with van der Waals surface area (Å²) in [5.74, 6) is 1.12. The largest absolute Gasteiger partial charge is 0.493 e. The number of anilines is 2. The SMILES string of the molecule is COc1c(Cl)cccc1Nc1c(-c2ccnc3ccc(O[C@@H]4CCOC4)nc23)[nH]c2c1C(=O)CCC2. The number of hydrogen-bond donors (Lipinski definition) is 2. The number of aromatic nitrogens is 3. The predicted molar refractivity (Wildman–Crippen MR) is 138 cm³/mol. The van der Waals surface area contributed by atoms with Crippen LogP contribution in [0.15, 0.2) is 42.6 Å². The number of nitrogens with zero attached hydrogens (tertiary/aromatic N) is 2. The van der Waals surface area contributed by atoms with Gasteiger partial charge in [-0.25, -0.2) is 4.98 Å². The number of rotatable bonds is 6. The topological polar surface area (TPSA) is 98.4 Å². The average Bonchev–Trinajstić information content (AvgIpc) is 3.52. The third-order valence-electron chi connectivity index (χ3n) is 6.62. The minimum Gasteiger partial charge on any atom is -0.493 e. The number of benzene rings is 1. The van der Waals surface area contributed by atoms with Crippen molar-refractivity contribution < 1.29 is 19.0 Å². The van der Waals surface area contributed by atoms with Crippen molar-refractivity contribution in [1.82, 2.24) is 15.0 Å². The number of fused-ring (bicyclic) bond motifs is 2. The molecule has 2 aliphatic rings. The number of para-hydroxylation sites is 1. The molecule has 1 aliphatic heterocycles. The van der Waals surface area contributed by atoms with Crippen molar-refractivity contribution in [3.05, 3.63) is 58.9 Å². The van der Waals surface area contributed by atoms with E-state index in [2.05, 4.69) is 15.3 Å². The summed E-state index contributed by atoms with van der Waals surface area (Å²) in [4.78, 5) is 25.9. The Morgan fingerprint density at radius 1 is 1.19 bits per heavy atom. The van der Waals surface area contributed by atoms with Gasteiger partial charge in [-0.15, -0.1) is 0 Å². The van der Waals surface area contributed by atoms with Crippen molar-refractivity contribution in [3.8, 4) is 22.9 Å². The van der Waals surface area contributed by atoms with Crippen molar-refractivity contribution in [2.45, 2.75) is 31.8 Å². The van der Waals surface area contributed by atoms with E-state index in [1.807, 2.05) is 30.3 Å². The molecule has 0 radical (unpaired) electrons. The molecule has 0 bridgehead atoms. The van der Waals surface area contributed by atoms with Crippen LogP contribution >= 0.6 is 11.6 Å². The number of hydrogen-bond acceptors (Lipinski definition) is 7. The van der Waals surface area contributed by atoms with E-state index in [1.165, 1.54) is 0 Å². The van der Waals surface area contributed by atoms with Crippen LogP contribution in [0.5, 0.6) is 11.6 Å². The molecule has 36 heavy (non-hydrogen) atoms. The highest BCUT2D eigenvalue weighted by Gasteiger charge is 2.29. The predicted octanol–water partition coefficient (Wildman–Crippen LogP) is 5.72. The molecule has 9 heteroatoms. The molecule has 3 aromatic heterocycles. The summed E-state index contributed by atoms with van der Waals surface area (Å²) in [5.41, 5.74) is 5.91. The minimum absolute atomic E-state index is 0.0157. The first-order valence-electron chi connectivity index (χ1n) is 12.0. The van der Waals surface area contributed by atoms with Gasteiger partial charge in [-0.3, -0.25) is 9.78 Å². The Morgan fingerprint density at radius 3 is 2.94 bits per heavy atom. The van der Waals surface area contributed by atoms with Crippen LogP contribution in [0.25, 0.3) is 22.3 Å². The highest BCUT2D eigenvalue weighted by Crippen LogP contribution is 2.43. The van der Waals surface area contributed by atoms with Crippen LogP contribution in [-0.2, 0) is 11.2 Å². The Bertz CT molecular complexity index is 1460. The number of pyridine rings is 2. The second-order valence-corrected chi connectivity index (χ2v) is 9.34. The van der Waals surface area contributed by atoms with E-state index >= 15 is 0 Å². The van der Waals surface area contributed by atoms with Crippen molar-refractivity contribution in [2.24, 2.45) is 0 Å². The number of carbonyl (C=O) groups excluding carboxylic acids is 1. The molecular weight excluding hydrogens is 480 g/mol. The third-order valence-corrected chi connectivity index (χ3v) is 6.92. The molecule has 8 nitrogen and oxygen atoms in total. The zero-order valence-corrected chi connectivity index (χ0v) is 20.5. The van der Waals surface area contributed by atoms with Gasteiger partial charge in [0.2, 0.25) is 5.88 Å². The molecule has 0 amide bonds. The zero-order chi connectivity index (χ0) is 24.6. The summed E-state index contributed by atoms with van der Waals surface area (Å²) in [5, 5.41) is 3.93. The van der Waals surface area contributed by atoms with E-state index in [4.69, 9.17) is 30.8 Å². The number of H-pyrrole nitrogens is 1. The third kappa shape index (κ3) is 4.06. The van der Waals surface area contributed by atoms with Crippen LogP contribution in [0.4, 0.5) is 11.4 Å². The van der Waals surface area contributed by atoms with Gasteiger partial charge in [0.25, 0.3) is 0 Å². The van der Waals surface area contributed by atoms with E-state index in [-0.39, 0.29) is 11.9 Å². The average molecular weight is 505 g/mol. The fourth-order valence-electron chi connectivity index (χ4n) is 4.93. The van der Waals surface area contributed by atoms with Gasteiger partial charge in [0.15, 0.2) is 11.5 Å². The summed E-state index contributed by atoms with van der Waals surface area (Å²) in [6.07, 6.45) is 4.66. The molecule has 0 unspecified atom stereocenters. The van der Waals surface area contributed by atoms with E-state index in [0.717, 1.165) is 41.7 Å². The van der Waals surface area contributed by atoms with Crippen molar-refractivity contribution in [2.75, 3.05) is 25.6 Å². The smallest absolute Gasteiger partial charge is 0.214 e. The fourth-order valence-corrected chi connectivity index (χ4v) is 5.18. The summed E-state index contributed by atoms with van der Waals surface area (Å²) in [7, 11) is 1.57. The molecule has 1 aromatic carbocycles. The number of Topliss-reactive ketones (excluding diaryl/α,β-unsaturated/α-hetero) is 1. The van der Waals surface area contributed by atoms with E-state index in [0.29, 0.717) is 58.7 Å². The van der Waals surface area contributed by atoms with E-state index in [9.17, 15) is 4.79 Å². The summed E-state index contributed by atoms with van der Waals surface area (Å²) < 4.78 is 17.1. The molecule has 0 spiro atoms. The lowest BCUT2D eigenvalue weighted by Crippen LogP contribution is -2.16. The molecule has 1 saturated heterocycles. The molecule has 1 atom stereocenters. The second-order valence-electron chi connectivity index (χ2n) is 8.93. The van der Waals surface area contributed by atoms with Gasteiger partial charge >= 0.3 is 0 Å². The minimum atomic E-state index is -0.0157. The first-order valence-corrected chi connectivity index (χ1v) is 12.4. The summed E-state index contributed by atoms with van der Waals surface area (Å²) in [6, 6.07) is 11.1. The molecule has 6 rings (SSSR count). The number of aryl methyl sites for hydroxylation is 1. The standard InChI is InChI=1S/C27H25ClN4O4/c1-34-27-17(28)4-2-6-20(27)31-26-23-18(5-3-7-21(23)33)30-25(26)16-10-12-29-19-8-9-22(32-24(16)19)36-15-11-13-35-14-15/h2,4,6,8-10,12,15,30-31H,3,5,7,11,13-14H2,1H3/t15-/m1/s1. The van der Waals surface area contributed by atoms with E-state index in [1.54, 1.807) is 19.4 Å². The number of methoxy groups -OCH3 is 1. The second kappa shape index (κ2) is 9.44. The highest BCUT2D eigenvalue weighted by molar-refractivity contribution is 6.32. The van der Waals surface area contributed by atoms with E-state index < -0.39 is 0 Å². The van der Waals surface area contributed by atoms with Gasteiger partial charge < -0.3 is 24.5 Å². The van der Waals surface area contributed by atoms with Gasteiger partial charge in [-0.2, -0.15) is 0 Å². The maximum absolute atomic E-state index is 13.1. The highest BCUT2D eigenvalue weighted by atomic mass is 35.5. The lowest BCUT2D eigenvalue weighted by molar-refractivity contribution is 0.0973. The number of ketones is 1. The lowest BCUT2D eigenvalue weighted by Gasteiger charge is -2.16. The fraction of sp³-hybridized carbons (Fsp3) is 0.296.